The predicted octanol–water partition coefficient (Wildman–Crippen LogP) is 2.33. The van der Waals surface area contributed by atoms with Crippen LogP contribution in [-0.2, 0) is 0 Å². The van der Waals surface area contributed by atoms with E-state index in [4.69, 9.17) is 0 Å². The van der Waals surface area contributed by atoms with Gasteiger partial charge in [0.2, 0.25) is 0 Å². The van der Waals surface area contributed by atoms with Gasteiger partial charge >= 0.3 is 0 Å². The highest BCUT2D eigenvalue weighted by Crippen LogP contribution is 2.38. The Balaban J connectivity index is 2.25. The topological polar surface area (TPSA) is 0 Å². The third-order valence-electron chi connectivity index (χ3n) is 3.92. The lowest BCUT2D eigenvalue weighted by atomic mass is 9.99. The minimum atomic E-state index is -0.0651. The van der Waals surface area contributed by atoms with Gasteiger partial charge in [-0.15, -0.1) is 0 Å². The molecule has 0 radical (unpaired) electrons. The van der Waals surface area contributed by atoms with Crippen LogP contribution in [0.4, 0.5) is 0 Å². The van der Waals surface area contributed by atoms with Gasteiger partial charge in [0.15, 0.2) is 0 Å². The van der Waals surface area contributed by atoms with Gasteiger partial charge in [0, 0.05) is 30.5 Å². The van der Waals surface area contributed by atoms with Crippen LogP contribution >= 0.6 is 0 Å². The molecule has 0 aromatic heterocycles. The second-order valence-electron chi connectivity index (χ2n) is 4.80. The van der Waals surface area contributed by atoms with E-state index < -0.39 is 0 Å². The second-order valence-corrected chi connectivity index (χ2v) is 9.84. The fourth-order valence-electron chi connectivity index (χ4n) is 2.52. The zero-order valence-corrected chi connectivity index (χ0v) is 14.0. The van der Waals surface area contributed by atoms with Crippen LogP contribution in [-0.4, -0.2) is 19.0 Å². The summed E-state index contributed by atoms with van der Waals surface area (Å²) in [7, 11) is -0.130. The van der Waals surface area contributed by atoms with E-state index in [2.05, 4.69) is 73.5 Å². The molecule has 0 aliphatic heterocycles. The highest BCUT2D eigenvalue weighted by atomic mass is 28.3. The smallest absolute Gasteiger partial charge is 0.0420 e. The molecule has 0 heterocycles. The normalized spacial score (nSPS) is 26.9. The Morgan fingerprint density at radius 1 is 1.06 bits per heavy atom. The zero-order valence-electron chi connectivity index (χ0n) is 11.2. The number of hydrogen-bond donors (Lipinski definition) is 0. The molecule has 2 heteroatoms. The van der Waals surface area contributed by atoms with Crippen LogP contribution in [0.15, 0.2) is 54.6 Å². The lowest BCUT2D eigenvalue weighted by Gasteiger charge is -2.33. The van der Waals surface area contributed by atoms with Gasteiger partial charge in [-0.2, -0.15) is 0 Å². The van der Waals surface area contributed by atoms with Crippen LogP contribution in [0, 0.1) is 17.8 Å². The van der Waals surface area contributed by atoms with E-state index in [0.717, 1.165) is 5.56 Å². The maximum Gasteiger partial charge on any atom is 0.0420 e. The highest BCUT2D eigenvalue weighted by Gasteiger charge is 2.31. The van der Waals surface area contributed by atoms with Crippen molar-refractivity contribution in [3.63, 3.8) is 0 Å². The molecule has 18 heavy (non-hydrogen) atoms. The highest BCUT2D eigenvalue weighted by molar-refractivity contribution is 6.62. The van der Waals surface area contributed by atoms with Gasteiger partial charge in [0.25, 0.3) is 0 Å². The summed E-state index contributed by atoms with van der Waals surface area (Å²) >= 11 is 0. The number of allylic oxidation sites excluding steroid dienone is 4. The molecule has 1 aliphatic rings. The van der Waals surface area contributed by atoms with E-state index in [1.807, 2.05) is 6.07 Å². The standard InChI is InChI=1S/C16H20Si2/c1-17-16(18-2)13-7-6-10-15(16)12-11-14-8-4-3-5-9-14/h3-10,13,15H,17-18H2,1-2H3. The molecule has 0 amide bonds. The van der Waals surface area contributed by atoms with Gasteiger partial charge in [0.05, 0.1) is 0 Å². The Hall–Kier alpha value is -1.31. The summed E-state index contributed by atoms with van der Waals surface area (Å²) in [5.41, 5.74) is 1.13. The third kappa shape index (κ3) is 2.74. The monoisotopic (exact) mass is 268 g/mol. The molecule has 0 saturated heterocycles. The molecular weight excluding hydrogens is 248 g/mol. The van der Waals surface area contributed by atoms with E-state index in [1.54, 1.807) is 0 Å². The quantitative estimate of drug-likeness (QED) is 0.570. The molecular formula is C16H20Si2. The van der Waals surface area contributed by atoms with Crippen molar-refractivity contribution >= 4 is 19.0 Å². The summed E-state index contributed by atoms with van der Waals surface area (Å²) in [4.78, 5) is 0. The van der Waals surface area contributed by atoms with Crippen LogP contribution < -0.4 is 0 Å². The molecule has 1 aliphatic carbocycles. The summed E-state index contributed by atoms with van der Waals surface area (Å²) < 4.78 is 0.497. The molecule has 0 N–H and O–H groups in total. The van der Waals surface area contributed by atoms with Crippen molar-refractivity contribution in [3.8, 4) is 11.8 Å². The summed E-state index contributed by atoms with van der Waals surface area (Å²) in [6.45, 7) is 4.86. The van der Waals surface area contributed by atoms with Gasteiger partial charge in [-0.05, 0) is 16.8 Å². The SMILES string of the molecule is C[SiH2]C1([SiH2]C)C=CC=CC1C#Cc1ccccc1. The van der Waals surface area contributed by atoms with Gasteiger partial charge in [-0.25, -0.2) is 0 Å². The van der Waals surface area contributed by atoms with Crippen molar-refractivity contribution in [1.29, 1.82) is 0 Å². The fraction of sp³-hybridized carbons (Fsp3) is 0.250. The summed E-state index contributed by atoms with van der Waals surface area (Å²) in [6.07, 6.45) is 9.16. The van der Waals surface area contributed by atoms with Crippen LogP contribution in [0.1, 0.15) is 5.56 Å². The summed E-state index contributed by atoms with van der Waals surface area (Å²) in [6, 6.07) is 10.3. The first-order chi connectivity index (χ1) is 8.80. The lowest BCUT2D eigenvalue weighted by molar-refractivity contribution is 0.765. The van der Waals surface area contributed by atoms with Crippen molar-refractivity contribution in [1.82, 2.24) is 0 Å². The molecule has 0 saturated carbocycles. The molecule has 0 bridgehead atoms. The first kappa shape index (κ1) is 13.1. The fourth-order valence-corrected chi connectivity index (χ4v) is 6.62. The van der Waals surface area contributed by atoms with E-state index in [0.29, 0.717) is 10.6 Å². The van der Waals surface area contributed by atoms with Crippen LogP contribution in [0.3, 0.4) is 0 Å². The number of benzene rings is 1. The zero-order chi connectivity index (χ0) is 12.8. The minimum absolute atomic E-state index is 0.0651. The van der Waals surface area contributed by atoms with Gasteiger partial charge in [0.1, 0.15) is 0 Å². The minimum Gasteiger partial charge on any atom is -0.0900 e. The van der Waals surface area contributed by atoms with Gasteiger partial charge < -0.3 is 0 Å². The Morgan fingerprint density at radius 3 is 2.44 bits per heavy atom. The van der Waals surface area contributed by atoms with Crippen molar-refractivity contribution in [2.24, 2.45) is 5.92 Å². The van der Waals surface area contributed by atoms with Crippen molar-refractivity contribution < 1.29 is 0 Å². The predicted molar refractivity (Wildman–Crippen MR) is 86.6 cm³/mol. The van der Waals surface area contributed by atoms with Crippen LogP contribution in [0.5, 0.6) is 0 Å². The molecule has 0 spiro atoms. The van der Waals surface area contributed by atoms with E-state index in [-0.39, 0.29) is 19.0 Å². The number of hydrogen-bond acceptors (Lipinski definition) is 0. The van der Waals surface area contributed by atoms with Gasteiger partial charge in [-0.1, -0.05) is 67.4 Å². The molecule has 1 unspecified atom stereocenters. The van der Waals surface area contributed by atoms with E-state index in [1.165, 1.54) is 0 Å². The second kappa shape index (κ2) is 6.04. The first-order valence-electron chi connectivity index (χ1n) is 6.73. The summed E-state index contributed by atoms with van der Waals surface area (Å²) in [5.74, 6) is 7.31. The maximum atomic E-state index is 3.51. The molecule has 92 valence electrons. The van der Waals surface area contributed by atoms with Crippen LogP contribution in [0.2, 0.25) is 17.8 Å². The lowest BCUT2D eigenvalue weighted by Crippen LogP contribution is -2.30. The van der Waals surface area contributed by atoms with E-state index in [9.17, 15) is 0 Å². The number of rotatable bonds is 2. The van der Waals surface area contributed by atoms with Crippen molar-refractivity contribution in [2.75, 3.05) is 0 Å². The van der Waals surface area contributed by atoms with Crippen molar-refractivity contribution in [2.45, 2.75) is 17.8 Å². The molecule has 1 aromatic rings. The Kier molecular flexibility index (Phi) is 4.40. The Labute approximate surface area is 115 Å². The largest absolute Gasteiger partial charge is 0.0900 e. The third-order valence-corrected chi connectivity index (χ3v) is 10.9. The Bertz CT molecular complexity index is 499. The average molecular weight is 269 g/mol. The first-order valence-corrected chi connectivity index (χ1v) is 11.0. The average Bonchev–Trinajstić information content (AvgIpc) is 2.46. The Morgan fingerprint density at radius 2 is 1.78 bits per heavy atom. The van der Waals surface area contributed by atoms with Gasteiger partial charge in [-0.3, -0.25) is 0 Å². The molecule has 0 nitrogen and oxygen atoms in total. The molecule has 1 aromatic carbocycles. The molecule has 0 fully saturated rings. The molecule has 2 rings (SSSR count). The maximum absolute atomic E-state index is 3.51. The molecule has 1 atom stereocenters. The van der Waals surface area contributed by atoms with Crippen LogP contribution in [0.25, 0.3) is 0 Å². The summed E-state index contributed by atoms with van der Waals surface area (Å²) in [5, 5.41) is 0. The van der Waals surface area contributed by atoms with E-state index >= 15 is 0 Å². The van der Waals surface area contributed by atoms with Crippen molar-refractivity contribution in [3.05, 3.63) is 60.2 Å².